The van der Waals surface area contributed by atoms with Crippen LogP contribution in [-0.4, -0.2) is 28.6 Å². The van der Waals surface area contributed by atoms with Crippen LogP contribution in [0.3, 0.4) is 0 Å². The average molecular weight is 236 g/mol. The zero-order valence-corrected chi connectivity index (χ0v) is 9.98. The Morgan fingerprint density at radius 1 is 1.41 bits per heavy atom. The van der Waals surface area contributed by atoms with Crippen molar-refractivity contribution in [3.05, 3.63) is 24.0 Å². The molecule has 1 fully saturated rings. The number of rotatable bonds is 3. The zero-order chi connectivity index (χ0) is 12.1. The Bertz CT molecular complexity index is 348. The van der Waals surface area contributed by atoms with E-state index in [-0.39, 0.29) is 24.5 Å². The van der Waals surface area contributed by atoms with Crippen LogP contribution in [0.25, 0.3) is 0 Å². The second-order valence-corrected chi connectivity index (χ2v) is 4.76. The first-order valence-corrected chi connectivity index (χ1v) is 6.36. The van der Waals surface area contributed by atoms with Crippen LogP contribution in [0.15, 0.2) is 18.5 Å². The Balaban J connectivity index is 1.97. The van der Waals surface area contributed by atoms with Crippen molar-refractivity contribution in [2.45, 2.75) is 38.1 Å². The first-order valence-electron chi connectivity index (χ1n) is 6.36. The summed E-state index contributed by atoms with van der Waals surface area (Å²) < 4.78 is 0. The molecule has 1 aromatic heterocycles. The molecule has 3 N–H and O–H groups in total. The SMILES string of the molecule is O=C(NC1CCCCCC1CO)c1cc[nH]c1. The lowest BCUT2D eigenvalue weighted by Gasteiger charge is -2.24. The minimum Gasteiger partial charge on any atom is -0.396 e. The highest BCUT2D eigenvalue weighted by Crippen LogP contribution is 2.23. The Kier molecular flexibility index (Phi) is 4.20. The molecule has 0 saturated heterocycles. The quantitative estimate of drug-likeness (QED) is 0.699. The molecule has 0 spiro atoms. The third-order valence-corrected chi connectivity index (χ3v) is 3.57. The van der Waals surface area contributed by atoms with Gasteiger partial charge in [-0.05, 0) is 18.9 Å². The molecule has 1 amide bonds. The fourth-order valence-electron chi connectivity index (χ4n) is 2.51. The highest BCUT2D eigenvalue weighted by Gasteiger charge is 2.24. The number of amides is 1. The molecule has 1 aliphatic rings. The van der Waals surface area contributed by atoms with Crippen molar-refractivity contribution < 1.29 is 9.90 Å². The van der Waals surface area contributed by atoms with Gasteiger partial charge in [-0.1, -0.05) is 19.3 Å². The Morgan fingerprint density at radius 3 is 2.94 bits per heavy atom. The number of nitrogens with one attached hydrogen (secondary N) is 2. The lowest BCUT2D eigenvalue weighted by molar-refractivity contribution is 0.0899. The number of aliphatic hydroxyl groups is 1. The monoisotopic (exact) mass is 236 g/mol. The van der Waals surface area contributed by atoms with Crippen molar-refractivity contribution in [3.63, 3.8) is 0 Å². The van der Waals surface area contributed by atoms with Gasteiger partial charge in [-0.15, -0.1) is 0 Å². The summed E-state index contributed by atoms with van der Waals surface area (Å²) in [6.07, 6.45) is 8.91. The Hall–Kier alpha value is -1.29. The van der Waals surface area contributed by atoms with E-state index in [4.69, 9.17) is 0 Å². The normalized spacial score (nSPS) is 25.2. The van der Waals surface area contributed by atoms with Gasteiger partial charge in [0.05, 0.1) is 5.56 Å². The van der Waals surface area contributed by atoms with Crippen LogP contribution in [0.5, 0.6) is 0 Å². The van der Waals surface area contributed by atoms with Crippen LogP contribution < -0.4 is 5.32 Å². The van der Waals surface area contributed by atoms with Gasteiger partial charge in [-0.3, -0.25) is 4.79 Å². The molecule has 1 saturated carbocycles. The van der Waals surface area contributed by atoms with Crippen LogP contribution in [0, 0.1) is 5.92 Å². The summed E-state index contributed by atoms with van der Waals surface area (Å²) >= 11 is 0. The molecule has 4 heteroatoms. The molecule has 2 atom stereocenters. The summed E-state index contributed by atoms with van der Waals surface area (Å²) in [7, 11) is 0. The molecule has 0 aliphatic heterocycles. The second-order valence-electron chi connectivity index (χ2n) is 4.76. The smallest absolute Gasteiger partial charge is 0.253 e. The standard InChI is InChI=1S/C13H20N2O2/c16-9-11-4-2-1-3-5-12(11)15-13(17)10-6-7-14-8-10/h6-8,11-12,14,16H,1-5,9H2,(H,15,17). The molecule has 0 aromatic carbocycles. The van der Waals surface area contributed by atoms with Gasteiger partial charge in [0, 0.05) is 31.0 Å². The van der Waals surface area contributed by atoms with E-state index in [0.717, 1.165) is 25.7 Å². The van der Waals surface area contributed by atoms with Gasteiger partial charge in [0.15, 0.2) is 0 Å². The molecule has 94 valence electrons. The van der Waals surface area contributed by atoms with Crippen molar-refractivity contribution in [1.82, 2.24) is 10.3 Å². The molecule has 17 heavy (non-hydrogen) atoms. The van der Waals surface area contributed by atoms with Crippen molar-refractivity contribution in [2.24, 2.45) is 5.92 Å². The van der Waals surface area contributed by atoms with Crippen LogP contribution in [0.2, 0.25) is 0 Å². The largest absolute Gasteiger partial charge is 0.396 e. The van der Waals surface area contributed by atoms with Crippen LogP contribution >= 0.6 is 0 Å². The van der Waals surface area contributed by atoms with Gasteiger partial charge in [0.2, 0.25) is 0 Å². The topological polar surface area (TPSA) is 65.1 Å². The van der Waals surface area contributed by atoms with Gasteiger partial charge in [-0.25, -0.2) is 0 Å². The van der Waals surface area contributed by atoms with Crippen molar-refractivity contribution in [2.75, 3.05) is 6.61 Å². The number of hydrogen-bond donors (Lipinski definition) is 3. The minimum atomic E-state index is -0.0448. The first kappa shape index (κ1) is 12.2. The van der Waals surface area contributed by atoms with E-state index in [1.165, 1.54) is 6.42 Å². The molecule has 1 aliphatic carbocycles. The summed E-state index contributed by atoms with van der Waals surface area (Å²) in [5.74, 6) is 0.164. The third kappa shape index (κ3) is 3.09. The Morgan fingerprint density at radius 2 is 2.24 bits per heavy atom. The fraction of sp³-hybridized carbons (Fsp3) is 0.615. The van der Waals surface area contributed by atoms with Crippen LogP contribution in [0.1, 0.15) is 42.5 Å². The van der Waals surface area contributed by atoms with Gasteiger partial charge < -0.3 is 15.4 Å². The number of aliphatic hydroxyl groups excluding tert-OH is 1. The predicted octanol–water partition coefficient (Wildman–Crippen LogP) is 1.69. The predicted molar refractivity (Wildman–Crippen MR) is 65.7 cm³/mol. The van der Waals surface area contributed by atoms with E-state index in [1.54, 1.807) is 18.5 Å². The van der Waals surface area contributed by atoms with Gasteiger partial charge in [-0.2, -0.15) is 0 Å². The molecule has 0 bridgehead atoms. The molecule has 1 heterocycles. The van der Waals surface area contributed by atoms with Gasteiger partial charge in [0.1, 0.15) is 0 Å². The number of aromatic nitrogens is 1. The van der Waals surface area contributed by atoms with Gasteiger partial charge >= 0.3 is 0 Å². The number of aromatic amines is 1. The van der Waals surface area contributed by atoms with Gasteiger partial charge in [0.25, 0.3) is 5.91 Å². The number of carbonyl (C=O) groups is 1. The summed E-state index contributed by atoms with van der Waals surface area (Å²) in [5, 5.41) is 12.4. The molecular weight excluding hydrogens is 216 g/mol. The summed E-state index contributed by atoms with van der Waals surface area (Å²) in [4.78, 5) is 14.8. The van der Waals surface area contributed by atoms with Crippen LogP contribution in [0.4, 0.5) is 0 Å². The van der Waals surface area contributed by atoms with Crippen molar-refractivity contribution in [1.29, 1.82) is 0 Å². The molecule has 1 aromatic rings. The van der Waals surface area contributed by atoms with E-state index >= 15 is 0 Å². The van der Waals surface area contributed by atoms with E-state index in [2.05, 4.69) is 10.3 Å². The molecular formula is C13H20N2O2. The number of carbonyl (C=O) groups excluding carboxylic acids is 1. The summed E-state index contributed by atoms with van der Waals surface area (Å²) in [6.45, 7) is 0.165. The maximum atomic E-state index is 11.9. The van der Waals surface area contributed by atoms with E-state index < -0.39 is 0 Å². The maximum absolute atomic E-state index is 11.9. The van der Waals surface area contributed by atoms with E-state index in [1.807, 2.05) is 0 Å². The highest BCUT2D eigenvalue weighted by atomic mass is 16.3. The van der Waals surface area contributed by atoms with Crippen molar-refractivity contribution in [3.8, 4) is 0 Å². The fourth-order valence-corrected chi connectivity index (χ4v) is 2.51. The van der Waals surface area contributed by atoms with E-state index in [0.29, 0.717) is 5.56 Å². The summed E-state index contributed by atoms with van der Waals surface area (Å²) in [5.41, 5.74) is 0.658. The second kappa shape index (κ2) is 5.87. The summed E-state index contributed by atoms with van der Waals surface area (Å²) in [6, 6.07) is 1.88. The van der Waals surface area contributed by atoms with E-state index in [9.17, 15) is 9.90 Å². The van der Waals surface area contributed by atoms with Crippen LogP contribution in [-0.2, 0) is 0 Å². The number of hydrogen-bond acceptors (Lipinski definition) is 2. The number of H-pyrrole nitrogens is 1. The average Bonchev–Trinajstić information content (AvgIpc) is 2.78. The molecule has 2 rings (SSSR count). The lowest BCUT2D eigenvalue weighted by Crippen LogP contribution is -2.41. The third-order valence-electron chi connectivity index (χ3n) is 3.57. The minimum absolute atomic E-state index is 0.0448. The molecule has 4 nitrogen and oxygen atoms in total. The first-order chi connectivity index (χ1) is 8.31. The molecule has 0 radical (unpaired) electrons. The zero-order valence-electron chi connectivity index (χ0n) is 9.98. The Labute approximate surface area is 101 Å². The maximum Gasteiger partial charge on any atom is 0.253 e. The lowest BCUT2D eigenvalue weighted by atomic mass is 9.95. The molecule has 2 unspecified atom stereocenters. The van der Waals surface area contributed by atoms with Crippen molar-refractivity contribution >= 4 is 5.91 Å². The highest BCUT2D eigenvalue weighted by molar-refractivity contribution is 5.94.